The Morgan fingerprint density at radius 1 is 1.26 bits per heavy atom. The number of halogens is 2. The lowest BCUT2D eigenvalue weighted by molar-refractivity contribution is -0.130. The fraction of sp³-hybridized carbons (Fsp3) is 0.583. The van der Waals surface area contributed by atoms with Gasteiger partial charge in [-0.25, -0.2) is 8.78 Å². The number of likely N-dealkylation sites (tertiary alicyclic amines) is 1. The molecule has 0 radical (unpaired) electrons. The highest BCUT2D eigenvalue weighted by molar-refractivity contribution is 5.97. The molecule has 0 unspecified atom stereocenters. The van der Waals surface area contributed by atoms with Gasteiger partial charge in [0.1, 0.15) is 5.65 Å². The molecule has 1 saturated carbocycles. The Bertz CT molecular complexity index is 1220. The minimum Gasteiger partial charge on any atom is -0.492 e. The number of hydrogen-bond acceptors (Lipinski definition) is 5. The Balaban J connectivity index is 1.63. The molecule has 2 aromatic heterocycles. The van der Waals surface area contributed by atoms with E-state index in [1.54, 1.807) is 0 Å². The molecule has 190 valence electrons. The molecule has 4 rings (SSSR count). The molecule has 2 aromatic rings. The van der Waals surface area contributed by atoms with Crippen LogP contribution in [0.4, 0.5) is 8.78 Å². The van der Waals surface area contributed by atoms with Gasteiger partial charge in [0.2, 0.25) is 17.7 Å². The smallest absolute Gasteiger partial charge is 0.270 e. The van der Waals surface area contributed by atoms with Crippen LogP contribution >= 0.6 is 0 Å². The van der Waals surface area contributed by atoms with Crippen molar-refractivity contribution in [2.24, 2.45) is 11.8 Å². The first-order chi connectivity index (χ1) is 16.5. The number of nitrogens with zero attached hydrogens (tertiary/aromatic N) is 4. The summed E-state index contributed by atoms with van der Waals surface area (Å²) in [5.41, 5.74) is -0.325. The van der Waals surface area contributed by atoms with E-state index >= 15 is 0 Å². The van der Waals surface area contributed by atoms with Crippen LogP contribution in [0.1, 0.15) is 62.4 Å². The minimum atomic E-state index is -2.77. The van der Waals surface area contributed by atoms with Gasteiger partial charge < -0.3 is 15.3 Å². The third-order valence-electron chi connectivity index (χ3n) is 6.53. The largest absolute Gasteiger partial charge is 0.492 e. The van der Waals surface area contributed by atoms with Crippen molar-refractivity contribution in [1.82, 2.24) is 24.4 Å². The van der Waals surface area contributed by atoms with E-state index in [0.29, 0.717) is 5.56 Å². The molecule has 1 saturated heterocycles. The molecule has 2 N–H and O–H groups in total. The highest BCUT2D eigenvalue weighted by Gasteiger charge is 2.37. The summed E-state index contributed by atoms with van der Waals surface area (Å²) in [5.74, 6) is -4.99. The molecule has 11 heteroatoms. The van der Waals surface area contributed by atoms with Crippen molar-refractivity contribution < 1.29 is 23.5 Å². The zero-order chi connectivity index (χ0) is 25.5. The lowest BCUT2D eigenvalue weighted by Crippen LogP contribution is -2.41. The number of aromatic nitrogens is 3. The van der Waals surface area contributed by atoms with Crippen molar-refractivity contribution in [2.75, 3.05) is 13.1 Å². The molecule has 1 aliphatic heterocycles. The monoisotopic (exact) mass is 491 g/mol. The van der Waals surface area contributed by atoms with E-state index < -0.39 is 29.2 Å². The molecular weight excluding hydrogens is 460 g/mol. The molecule has 0 spiro atoms. The molecule has 9 nitrogen and oxygen atoms in total. The Morgan fingerprint density at radius 3 is 2.49 bits per heavy atom. The van der Waals surface area contributed by atoms with Gasteiger partial charge >= 0.3 is 0 Å². The number of carbonyl (C=O) groups is 2. The average molecular weight is 492 g/mol. The van der Waals surface area contributed by atoms with E-state index in [4.69, 9.17) is 0 Å². The lowest BCUT2D eigenvalue weighted by atomic mass is 9.91. The number of piperidine rings is 1. The van der Waals surface area contributed by atoms with Crippen molar-refractivity contribution in [1.29, 1.82) is 0 Å². The molecule has 35 heavy (non-hydrogen) atoms. The second-order valence-corrected chi connectivity index (χ2v) is 9.98. The number of aromatic hydroxyl groups is 1. The van der Waals surface area contributed by atoms with Gasteiger partial charge in [0.15, 0.2) is 5.56 Å². The predicted octanol–water partition coefficient (Wildman–Crippen LogP) is 2.66. The predicted molar refractivity (Wildman–Crippen MR) is 125 cm³/mol. The van der Waals surface area contributed by atoms with Crippen molar-refractivity contribution in [3.63, 3.8) is 0 Å². The summed E-state index contributed by atoms with van der Waals surface area (Å²) in [6, 6.07) is 0.00583. The Hall–Kier alpha value is -3.24. The Morgan fingerprint density at radius 2 is 1.91 bits per heavy atom. The van der Waals surface area contributed by atoms with Gasteiger partial charge in [-0.3, -0.25) is 19.0 Å². The first kappa shape index (κ1) is 24.9. The third-order valence-corrected chi connectivity index (χ3v) is 6.53. The number of alkyl halides is 2. The summed E-state index contributed by atoms with van der Waals surface area (Å²) < 4.78 is 29.6. The first-order valence-corrected chi connectivity index (χ1v) is 12.0. The number of hydrogen-bond donors (Lipinski definition) is 2. The standard InChI is InChI=1S/C24H31F2N5O4/c1-14(2)13-30-21-15(4-7-18(32)29-10-8-16(9-11-29)24(3,25)26)12-27-31(21)23(35)19(22(30)34)20(33)28-17-5-6-17/h4,7,12,14,16-17,35H,5-6,8-11,13H2,1-3H3,(H,28,33)/b7-4+. The molecule has 0 atom stereocenters. The maximum Gasteiger partial charge on any atom is 0.270 e. The number of carbonyl (C=O) groups excluding carboxylic acids is 2. The summed E-state index contributed by atoms with van der Waals surface area (Å²) >= 11 is 0. The van der Waals surface area contributed by atoms with Gasteiger partial charge in [0.25, 0.3) is 11.5 Å². The molecule has 1 aliphatic carbocycles. The molecule has 2 aliphatic rings. The summed E-state index contributed by atoms with van der Waals surface area (Å²) in [6.07, 6.45) is 6.33. The summed E-state index contributed by atoms with van der Waals surface area (Å²) in [4.78, 5) is 40.1. The van der Waals surface area contributed by atoms with Crippen LogP contribution in [-0.2, 0) is 11.3 Å². The normalized spacial score (nSPS) is 17.6. The van der Waals surface area contributed by atoms with E-state index in [9.17, 15) is 28.3 Å². The van der Waals surface area contributed by atoms with Crippen LogP contribution in [-0.4, -0.2) is 61.1 Å². The summed E-state index contributed by atoms with van der Waals surface area (Å²) in [7, 11) is 0. The molecule has 2 amide bonds. The average Bonchev–Trinajstić information content (AvgIpc) is 3.49. The van der Waals surface area contributed by atoms with E-state index in [0.717, 1.165) is 24.3 Å². The van der Waals surface area contributed by atoms with Gasteiger partial charge in [0.05, 0.1) is 6.20 Å². The summed E-state index contributed by atoms with van der Waals surface area (Å²) in [5, 5.41) is 17.6. The van der Waals surface area contributed by atoms with Crippen LogP contribution in [0.25, 0.3) is 11.7 Å². The van der Waals surface area contributed by atoms with Gasteiger partial charge in [-0.2, -0.15) is 9.61 Å². The van der Waals surface area contributed by atoms with Crippen LogP contribution in [0.15, 0.2) is 17.1 Å². The van der Waals surface area contributed by atoms with E-state index in [1.807, 2.05) is 13.8 Å². The van der Waals surface area contributed by atoms with Crippen LogP contribution < -0.4 is 10.9 Å². The van der Waals surface area contributed by atoms with E-state index in [2.05, 4.69) is 10.4 Å². The molecule has 2 fully saturated rings. The van der Waals surface area contributed by atoms with Crippen molar-refractivity contribution >= 4 is 23.5 Å². The van der Waals surface area contributed by atoms with Crippen molar-refractivity contribution in [2.45, 2.75) is 65.0 Å². The molecule has 3 heterocycles. The highest BCUT2D eigenvalue weighted by Crippen LogP contribution is 2.32. The topological polar surface area (TPSA) is 109 Å². The fourth-order valence-corrected chi connectivity index (χ4v) is 4.42. The third kappa shape index (κ3) is 5.23. The van der Waals surface area contributed by atoms with E-state index in [1.165, 1.54) is 27.8 Å². The number of fused-ring (bicyclic) bond motifs is 1. The molecule has 0 aromatic carbocycles. The van der Waals surface area contributed by atoms with E-state index in [-0.39, 0.29) is 61.6 Å². The maximum absolute atomic E-state index is 13.6. The second-order valence-electron chi connectivity index (χ2n) is 9.98. The lowest BCUT2D eigenvalue weighted by Gasteiger charge is -2.34. The second kappa shape index (κ2) is 9.43. The fourth-order valence-electron chi connectivity index (χ4n) is 4.42. The van der Waals surface area contributed by atoms with Gasteiger partial charge in [-0.05, 0) is 44.6 Å². The maximum atomic E-state index is 13.6. The van der Waals surface area contributed by atoms with Crippen LogP contribution in [0, 0.1) is 11.8 Å². The van der Waals surface area contributed by atoms with Crippen LogP contribution in [0.2, 0.25) is 0 Å². The zero-order valence-corrected chi connectivity index (χ0v) is 20.1. The van der Waals surface area contributed by atoms with Crippen LogP contribution in [0.5, 0.6) is 5.88 Å². The number of rotatable bonds is 7. The SMILES string of the molecule is CC(C)Cn1c(=O)c(C(=O)NC2CC2)c(O)n2ncc(/C=C/C(=O)N3CCC(C(C)(F)F)CC3)c12. The Kier molecular flexibility index (Phi) is 6.70. The van der Waals surface area contributed by atoms with Crippen LogP contribution in [0.3, 0.4) is 0 Å². The highest BCUT2D eigenvalue weighted by atomic mass is 19.3. The minimum absolute atomic E-state index is 0.00583. The summed E-state index contributed by atoms with van der Waals surface area (Å²) in [6.45, 7) is 5.49. The van der Waals surface area contributed by atoms with Gasteiger partial charge in [-0.15, -0.1) is 0 Å². The van der Waals surface area contributed by atoms with Gasteiger partial charge in [-0.1, -0.05) is 13.8 Å². The Labute approximate surface area is 201 Å². The molecule has 0 bridgehead atoms. The quantitative estimate of drug-likeness (QED) is 0.579. The number of nitrogens with one attached hydrogen (secondary N) is 1. The molecular formula is C24H31F2N5O4. The first-order valence-electron chi connectivity index (χ1n) is 12.0. The van der Waals surface area contributed by atoms with Gasteiger partial charge in [0, 0.05) is 43.2 Å². The number of amides is 2. The van der Waals surface area contributed by atoms with Crippen molar-refractivity contribution in [3.05, 3.63) is 33.8 Å². The van der Waals surface area contributed by atoms with Crippen molar-refractivity contribution in [3.8, 4) is 5.88 Å². The zero-order valence-electron chi connectivity index (χ0n) is 20.1.